The van der Waals surface area contributed by atoms with Gasteiger partial charge >= 0.3 is 0 Å². The van der Waals surface area contributed by atoms with Crippen LogP contribution in [0.2, 0.25) is 0 Å². The number of nitrogens with zero attached hydrogens (tertiary/aromatic N) is 3. The van der Waals surface area contributed by atoms with Gasteiger partial charge in [0.05, 0.1) is 18.8 Å². The molecular formula is C23H25FN4O2. The van der Waals surface area contributed by atoms with E-state index in [1.807, 2.05) is 36.5 Å². The van der Waals surface area contributed by atoms with Crippen LogP contribution in [0, 0.1) is 5.82 Å². The lowest BCUT2D eigenvalue weighted by Gasteiger charge is -2.34. The Labute approximate surface area is 175 Å². The lowest BCUT2D eigenvalue weighted by Crippen LogP contribution is -2.46. The van der Waals surface area contributed by atoms with Gasteiger partial charge in [0.1, 0.15) is 11.6 Å². The standard InChI is InChI=1S/C23H25FN4O2/c1-30-20-11-6-17(21(24)15-20)16-27-13-3-2-5-22(27)23(29)26-18-7-9-19(10-8-18)28-14-4-12-25-28/h4,6-12,14-15,22H,2-3,5,13,16H2,1H3,(H,26,29). The second kappa shape index (κ2) is 9.09. The van der Waals surface area contributed by atoms with Gasteiger partial charge in [-0.15, -0.1) is 0 Å². The van der Waals surface area contributed by atoms with Crippen molar-refractivity contribution in [1.29, 1.82) is 0 Å². The summed E-state index contributed by atoms with van der Waals surface area (Å²) >= 11 is 0. The van der Waals surface area contributed by atoms with E-state index in [0.717, 1.165) is 37.2 Å². The quantitative estimate of drug-likeness (QED) is 0.670. The summed E-state index contributed by atoms with van der Waals surface area (Å²) in [5, 5.41) is 7.21. The maximum atomic E-state index is 14.4. The molecule has 1 aliphatic rings. The molecule has 1 aromatic heterocycles. The predicted octanol–water partition coefficient (Wildman–Crippen LogP) is 4.01. The molecule has 0 saturated carbocycles. The molecule has 7 heteroatoms. The Hall–Kier alpha value is -3.19. The van der Waals surface area contributed by atoms with Crippen molar-refractivity contribution in [2.24, 2.45) is 0 Å². The van der Waals surface area contributed by atoms with Crippen molar-refractivity contribution < 1.29 is 13.9 Å². The number of nitrogens with one attached hydrogen (secondary N) is 1. The maximum Gasteiger partial charge on any atom is 0.241 e. The zero-order valence-electron chi connectivity index (χ0n) is 16.9. The average Bonchev–Trinajstić information content (AvgIpc) is 3.31. The van der Waals surface area contributed by atoms with Crippen LogP contribution in [0.3, 0.4) is 0 Å². The third-order valence-electron chi connectivity index (χ3n) is 5.45. The molecule has 2 heterocycles. The molecule has 0 bridgehead atoms. The normalized spacial score (nSPS) is 16.9. The molecule has 6 nitrogen and oxygen atoms in total. The van der Waals surface area contributed by atoms with E-state index in [0.29, 0.717) is 17.9 Å². The van der Waals surface area contributed by atoms with Crippen LogP contribution in [-0.4, -0.2) is 40.3 Å². The van der Waals surface area contributed by atoms with Crippen molar-refractivity contribution in [1.82, 2.24) is 14.7 Å². The summed E-state index contributed by atoms with van der Waals surface area (Å²) in [6, 6.07) is 14.0. The van der Waals surface area contributed by atoms with Gasteiger partial charge in [-0.25, -0.2) is 9.07 Å². The Morgan fingerprint density at radius 1 is 1.23 bits per heavy atom. The fraction of sp³-hybridized carbons (Fsp3) is 0.304. The molecule has 1 fully saturated rings. The molecule has 1 N–H and O–H groups in total. The zero-order valence-corrected chi connectivity index (χ0v) is 16.9. The average molecular weight is 408 g/mol. The highest BCUT2D eigenvalue weighted by Crippen LogP contribution is 2.24. The van der Waals surface area contributed by atoms with Crippen LogP contribution in [0.4, 0.5) is 10.1 Å². The molecule has 1 amide bonds. The lowest BCUT2D eigenvalue weighted by atomic mass is 10.00. The van der Waals surface area contributed by atoms with Crippen molar-refractivity contribution in [3.05, 3.63) is 72.3 Å². The summed E-state index contributed by atoms with van der Waals surface area (Å²) in [5.41, 5.74) is 2.23. The summed E-state index contributed by atoms with van der Waals surface area (Å²) in [7, 11) is 1.51. The van der Waals surface area contributed by atoms with Gasteiger partial charge < -0.3 is 10.1 Å². The monoisotopic (exact) mass is 408 g/mol. The molecule has 1 saturated heterocycles. The van der Waals surface area contributed by atoms with Gasteiger partial charge in [-0.2, -0.15) is 5.10 Å². The Bertz CT molecular complexity index is 989. The second-order valence-electron chi connectivity index (χ2n) is 7.43. The summed E-state index contributed by atoms with van der Waals surface area (Å²) in [6.45, 7) is 1.16. The van der Waals surface area contributed by atoms with E-state index in [-0.39, 0.29) is 17.8 Å². The minimum Gasteiger partial charge on any atom is -0.497 e. The van der Waals surface area contributed by atoms with E-state index in [4.69, 9.17) is 4.74 Å². The minimum atomic E-state index is -0.312. The molecule has 1 atom stereocenters. The summed E-state index contributed by atoms with van der Waals surface area (Å²) in [6.07, 6.45) is 6.33. The highest BCUT2D eigenvalue weighted by Gasteiger charge is 2.29. The number of likely N-dealkylation sites (tertiary alicyclic amines) is 1. The number of amides is 1. The van der Waals surface area contributed by atoms with E-state index >= 15 is 0 Å². The number of halogens is 1. The molecule has 156 valence electrons. The van der Waals surface area contributed by atoms with Crippen LogP contribution in [0.15, 0.2) is 60.9 Å². The highest BCUT2D eigenvalue weighted by atomic mass is 19.1. The Kier molecular flexibility index (Phi) is 6.09. The summed E-state index contributed by atoms with van der Waals surface area (Å²) in [5.74, 6) is 0.117. The van der Waals surface area contributed by atoms with Crippen molar-refractivity contribution >= 4 is 11.6 Å². The van der Waals surface area contributed by atoms with Gasteiger partial charge in [0.2, 0.25) is 5.91 Å². The summed E-state index contributed by atoms with van der Waals surface area (Å²) in [4.78, 5) is 15.0. The number of piperidine rings is 1. The lowest BCUT2D eigenvalue weighted by molar-refractivity contribution is -0.122. The smallest absolute Gasteiger partial charge is 0.241 e. The van der Waals surface area contributed by atoms with Crippen LogP contribution >= 0.6 is 0 Å². The largest absolute Gasteiger partial charge is 0.497 e. The van der Waals surface area contributed by atoms with Gasteiger partial charge in [0.15, 0.2) is 0 Å². The number of hydrogen-bond acceptors (Lipinski definition) is 4. The van der Waals surface area contributed by atoms with Crippen molar-refractivity contribution in [3.63, 3.8) is 0 Å². The third kappa shape index (κ3) is 4.52. The minimum absolute atomic E-state index is 0.0598. The van der Waals surface area contributed by atoms with E-state index in [9.17, 15) is 9.18 Å². The van der Waals surface area contributed by atoms with Crippen LogP contribution in [0.1, 0.15) is 24.8 Å². The predicted molar refractivity (Wildman–Crippen MR) is 113 cm³/mol. The molecule has 0 radical (unpaired) electrons. The molecular weight excluding hydrogens is 383 g/mol. The fourth-order valence-electron chi connectivity index (χ4n) is 3.82. The topological polar surface area (TPSA) is 59.4 Å². The van der Waals surface area contributed by atoms with Gasteiger partial charge in [0.25, 0.3) is 0 Å². The van der Waals surface area contributed by atoms with Crippen molar-refractivity contribution in [2.45, 2.75) is 31.8 Å². The number of aromatic nitrogens is 2. The van der Waals surface area contributed by atoms with E-state index in [1.165, 1.54) is 13.2 Å². The number of carbonyl (C=O) groups is 1. The van der Waals surface area contributed by atoms with Crippen LogP contribution in [0.5, 0.6) is 5.75 Å². The SMILES string of the molecule is COc1ccc(CN2CCCCC2C(=O)Nc2ccc(-n3cccn3)cc2)c(F)c1. The van der Waals surface area contributed by atoms with Crippen LogP contribution in [-0.2, 0) is 11.3 Å². The number of ether oxygens (including phenoxy) is 1. The molecule has 1 unspecified atom stereocenters. The summed E-state index contributed by atoms with van der Waals surface area (Å²) < 4.78 is 21.2. The second-order valence-corrected chi connectivity index (χ2v) is 7.43. The van der Waals surface area contributed by atoms with Gasteiger partial charge in [-0.1, -0.05) is 12.5 Å². The molecule has 0 spiro atoms. The van der Waals surface area contributed by atoms with Crippen molar-refractivity contribution in [2.75, 3.05) is 19.0 Å². The van der Waals surface area contributed by atoms with E-state index in [1.54, 1.807) is 23.0 Å². The van der Waals surface area contributed by atoms with E-state index < -0.39 is 0 Å². The third-order valence-corrected chi connectivity index (χ3v) is 5.45. The number of carbonyl (C=O) groups excluding carboxylic acids is 1. The Morgan fingerprint density at radius 2 is 2.07 bits per heavy atom. The Balaban J connectivity index is 1.44. The zero-order chi connectivity index (χ0) is 20.9. The molecule has 1 aliphatic heterocycles. The Morgan fingerprint density at radius 3 is 2.77 bits per heavy atom. The van der Waals surface area contributed by atoms with Crippen molar-refractivity contribution in [3.8, 4) is 11.4 Å². The number of methoxy groups -OCH3 is 1. The molecule has 30 heavy (non-hydrogen) atoms. The first-order chi connectivity index (χ1) is 14.6. The molecule has 4 rings (SSSR count). The first kappa shape index (κ1) is 20.1. The van der Waals surface area contributed by atoms with Gasteiger partial charge in [-0.05, 0) is 55.8 Å². The first-order valence-electron chi connectivity index (χ1n) is 10.1. The fourth-order valence-corrected chi connectivity index (χ4v) is 3.82. The number of hydrogen-bond donors (Lipinski definition) is 1. The highest BCUT2D eigenvalue weighted by molar-refractivity contribution is 5.95. The molecule has 0 aliphatic carbocycles. The molecule has 3 aromatic rings. The van der Waals surface area contributed by atoms with Gasteiger partial charge in [0, 0.05) is 36.3 Å². The first-order valence-corrected chi connectivity index (χ1v) is 10.1. The van der Waals surface area contributed by atoms with Crippen LogP contribution < -0.4 is 10.1 Å². The number of rotatable bonds is 6. The number of anilines is 1. The van der Waals surface area contributed by atoms with Crippen LogP contribution in [0.25, 0.3) is 5.69 Å². The van der Waals surface area contributed by atoms with Gasteiger partial charge in [-0.3, -0.25) is 9.69 Å². The maximum absolute atomic E-state index is 14.4. The number of benzene rings is 2. The van der Waals surface area contributed by atoms with E-state index in [2.05, 4.69) is 15.3 Å². The molecule has 2 aromatic carbocycles.